The van der Waals surface area contributed by atoms with Crippen molar-refractivity contribution >= 4 is 28.7 Å². The molecule has 0 aliphatic heterocycles. The lowest BCUT2D eigenvalue weighted by atomic mass is 10.1. The van der Waals surface area contributed by atoms with Gasteiger partial charge in [0.05, 0.1) is 34.9 Å². The minimum atomic E-state index is -4.00. The van der Waals surface area contributed by atoms with Crippen LogP contribution in [-0.2, 0) is 4.74 Å². The van der Waals surface area contributed by atoms with E-state index < -0.39 is 67.2 Å². The molecule has 2 aliphatic carbocycles. The van der Waals surface area contributed by atoms with Gasteiger partial charge in [0.25, 0.3) is 0 Å². The van der Waals surface area contributed by atoms with Crippen LogP contribution < -0.4 is 5.32 Å². The molecular weight excluding hydrogens is 487 g/mol. The monoisotopic (exact) mass is 528 g/mol. The molecule has 0 unspecified atom stereocenters. The van der Waals surface area contributed by atoms with E-state index in [1.54, 1.807) is 6.92 Å². The second kappa shape index (κ2) is 10.5. The van der Waals surface area contributed by atoms with E-state index in [0.29, 0.717) is 17.7 Å². The maximum absolute atomic E-state index is 14.3. The summed E-state index contributed by atoms with van der Waals surface area (Å²) in [5.74, 6) is -1.96. The summed E-state index contributed by atoms with van der Waals surface area (Å²) in [7, 11) is 0. The summed E-state index contributed by atoms with van der Waals surface area (Å²) in [5, 5.41) is 42.0. The molecule has 10 nitrogen and oxygen atoms in total. The van der Waals surface area contributed by atoms with Crippen molar-refractivity contribution in [2.75, 3.05) is 24.2 Å². The quantitative estimate of drug-likeness (QED) is 0.229. The summed E-state index contributed by atoms with van der Waals surface area (Å²) >= 11 is 1.09. The second-order valence-electron chi connectivity index (χ2n) is 8.05. The molecule has 12 heteroatoms. The molecule has 36 heavy (non-hydrogen) atoms. The molecular formula is C24H31FN6O4S. The number of fused-ring (bicyclic) bond motifs is 1. The number of thioether (sulfide) groups is 1. The van der Waals surface area contributed by atoms with Gasteiger partial charge in [-0.2, -0.15) is 0 Å². The number of aromatic nitrogens is 5. The fourth-order valence-corrected chi connectivity index (χ4v) is 4.24. The van der Waals surface area contributed by atoms with Gasteiger partial charge < -0.3 is 25.4 Å². The summed E-state index contributed by atoms with van der Waals surface area (Å²) in [4.78, 5) is 8.64. The molecule has 1 aromatic carbocycles. The summed E-state index contributed by atoms with van der Waals surface area (Å²) < 4.78 is 104. The number of rotatable bonds is 10. The molecule has 0 spiro atoms. The average molecular weight is 529 g/mol. The standard InChI is InChI=1S/C24H31FN6O4S/c1-3-8-36-24-27-22(26-16-10-14(16)13-5-4-12(2)15(25)9-13)19-23(28-24)31(30-29-19)17-11-18(35-7-6-32)21(34)20(17)33/h4-5,9,14,16-18,20-21,32-34H,3,6-8,10-11H2,1-2H3,(H,26,27,28)/t14-,16+,17+,18-,20-,21+/m0/s1/i6D2,11D2,14D,16D,17D,18D,20D,21D. The molecule has 5 rings (SSSR count). The fraction of sp³-hybridized carbons (Fsp3) is 0.583. The highest BCUT2D eigenvalue weighted by molar-refractivity contribution is 7.99. The van der Waals surface area contributed by atoms with Crippen LogP contribution in [0.2, 0.25) is 0 Å². The largest absolute Gasteiger partial charge is 0.394 e. The first-order valence-corrected chi connectivity index (χ1v) is 12.1. The zero-order valence-corrected chi connectivity index (χ0v) is 20.1. The molecule has 194 valence electrons. The van der Waals surface area contributed by atoms with E-state index in [2.05, 4.69) is 25.6 Å². The highest BCUT2D eigenvalue weighted by Crippen LogP contribution is 2.44. The van der Waals surface area contributed by atoms with Crippen LogP contribution in [-0.4, -0.2) is 83.5 Å². The lowest BCUT2D eigenvalue weighted by molar-refractivity contribution is -0.0629. The van der Waals surface area contributed by atoms with Crippen LogP contribution in [0.15, 0.2) is 23.4 Å². The van der Waals surface area contributed by atoms with Crippen LogP contribution in [0.25, 0.3) is 11.2 Å². The third-order valence-electron chi connectivity index (χ3n) is 5.49. The third-order valence-corrected chi connectivity index (χ3v) is 6.54. The zero-order valence-electron chi connectivity index (χ0n) is 29.3. The number of anilines is 1. The van der Waals surface area contributed by atoms with Gasteiger partial charge in [-0.15, -0.1) is 5.10 Å². The number of nitrogens with zero attached hydrogens (tertiary/aromatic N) is 5. The van der Waals surface area contributed by atoms with E-state index in [0.717, 1.165) is 17.8 Å². The van der Waals surface area contributed by atoms with Gasteiger partial charge in [0.1, 0.15) is 18.0 Å². The zero-order chi connectivity index (χ0) is 34.5. The Balaban J connectivity index is 1.65. The molecule has 0 saturated heterocycles. The topological polar surface area (TPSA) is 138 Å². The molecule has 2 heterocycles. The van der Waals surface area contributed by atoms with Crippen LogP contribution >= 0.6 is 11.8 Å². The van der Waals surface area contributed by atoms with Crippen LogP contribution in [0.3, 0.4) is 0 Å². The first kappa shape index (κ1) is 15.8. The molecule has 2 aromatic heterocycles. The van der Waals surface area contributed by atoms with Crippen molar-refractivity contribution < 1.29 is 38.2 Å². The second-order valence-corrected chi connectivity index (χ2v) is 9.11. The van der Waals surface area contributed by atoms with Crippen LogP contribution in [0.1, 0.15) is 62.9 Å². The molecule has 2 aliphatic rings. The number of aliphatic hydroxyl groups is 3. The van der Waals surface area contributed by atoms with E-state index in [4.69, 9.17) is 18.4 Å². The third kappa shape index (κ3) is 4.92. The van der Waals surface area contributed by atoms with Gasteiger partial charge in [-0.1, -0.05) is 36.0 Å². The maximum Gasteiger partial charge on any atom is 0.191 e. The molecule has 6 atom stereocenters. The highest BCUT2D eigenvalue weighted by Gasteiger charge is 2.45. The van der Waals surface area contributed by atoms with Crippen LogP contribution in [0.4, 0.5) is 10.2 Å². The van der Waals surface area contributed by atoms with E-state index in [1.165, 1.54) is 12.1 Å². The van der Waals surface area contributed by atoms with Crippen molar-refractivity contribution in [3.63, 3.8) is 0 Å². The minimum Gasteiger partial charge on any atom is -0.394 e. The van der Waals surface area contributed by atoms with Crippen molar-refractivity contribution in [3.05, 3.63) is 35.1 Å². The SMILES string of the molecule is [2H]C([2H])(O)CO[C@@]1([2H])C([2H])([2H])[C@@]([2H])(n2nnc3c(N[C@]4([2H])C[C@@]4([2H])c4ccc(C)c(F)c4)nc(SCCC)nc32)[C@]([2H])(O)[C@]1([2H])O. The Hall–Kier alpha value is -2.38. The molecule has 3 aromatic rings. The summed E-state index contributed by atoms with van der Waals surface area (Å²) in [6.45, 7) is -1.27. The van der Waals surface area contributed by atoms with Crippen LogP contribution in [0, 0.1) is 12.7 Å². The molecule has 0 radical (unpaired) electrons. The molecule has 2 saturated carbocycles. The average Bonchev–Trinajstić information content (AvgIpc) is 3.24. The highest BCUT2D eigenvalue weighted by atomic mass is 32.2. The predicted octanol–water partition coefficient (Wildman–Crippen LogP) is 2.18. The Kier molecular flexibility index (Phi) is 4.62. The minimum absolute atomic E-state index is 0.0275. The maximum atomic E-state index is 14.3. The van der Waals surface area contributed by atoms with Gasteiger partial charge in [0.2, 0.25) is 0 Å². The number of benzene rings is 1. The first-order valence-electron chi connectivity index (χ1n) is 16.1. The number of nitrogens with one attached hydrogen (secondary N) is 1. The Morgan fingerprint density at radius 2 is 2.19 bits per heavy atom. The normalized spacial score (nSPS) is 45.7. The van der Waals surface area contributed by atoms with Crippen molar-refractivity contribution in [1.29, 1.82) is 0 Å². The Labute approximate surface area is 226 Å². The van der Waals surface area contributed by atoms with Crippen molar-refractivity contribution in [3.8, 4) is 0 Å². The lowest BCUT2D eigenvalue weighted by Gasteiger charge is -2.17. The van der Waals surface area contributed by atoms with Gasteiger partial charge in [-0.05, 0) is 37.0 Å². The van der Waals surface area contributed by atoms with Crippen molar-refractivity contribution in [2.45, 2.75) is 74.4 Å². The van der Waals surface area contributed by atoms with Gasteiger partial charge >= 0.3 is 0 Å². The Morgan fingerprint density at radius 1 is 1.36 bits per heavy atom. The van der Waals surface area contributed by atoms with E-state index in [-0.39, 0.29) is 33.2 Å². The number of halogens is 1. The number of aryl methyl sites for hydroxylation is 1. The number of ether oxygens (including phenoxy) is 1. The van der Waals surface area contributed by atoms with Crippen molar-refractivity contribution in [1.82, 2.24) is 25.0 Å². The number of hydrogen-bond acceptors (Lipinski definition) is 10. The van der Waals surface area contributed by atoms with Crippen molar-refractivity contribution in [2.24, 2.45) is 0 Å². The van der Waals surface area contributed by atoms with E-state index in [1.807, 2.05) is 6.92 Å². The molecule has 0 amide bonds. The summed E-state index contributed by atoms with van der Waals surface area (Å²) in [6, 6.07) is -1.27. The molecule has 2 fully saturated rings. The predicted molar refractivity (Wildman–Crippen MR) is 133 cm³/mol. The van der Waals surface area contributed by atoms with Crippen LogP contribution in [0.5, 0.6) is 0 Å². The smallest absolute Gasteiger partial charge is 0.191 e. The van der Waals surface area contributed by atoms with E-state index in [9.17, 15) is 19.7 Å². The Bertz CT molecular complexity index is 1700. The molecule has 4 N–H and O–H groups in total. The van der Waals surface area contributed by atoms with E-state index >= 15 is 0 Å². The fourth-order valence-electron chi connectivity index (χ4n) is 3.55. The Morgan fingerprint density at radius 3 is 2.94 bits per heavy atom. The van der Waals surface area contributed by atoms with Gasteiger partial charge in [0, 0.05) is 28.1 Å². The first-order chi connectivity index (χ1) is 20.9. The number of hydrogen-bond donors (Lipinski definition) is 4. The van der Waals surface area contributed by atoms with Gasteiger partial charge in [-0.3, -0.25) is 0 Å². The summed E-state index contributed by atoms with van der Waals surface area (Å²) in [5.41, 5.74) is -0.298. The summed E-state index contributed by atoms with van der Waals surface area (Å²) in [6.07, 6.45) is -15.0. The molecule has 0 bridgehead atoms. The van der Waals surface area contributed by atoms with Gasteiger partial charge in [-0.25, -0.2) is 19.0 Å². The lowest BCUT2D eigenvalue weighted by Crippen LogP contribution is -2.33. The van der Waals surface area contributed by atoms with Gasteiger partial charge in [0.15, 0.2) is 22.1 Å².